The van der Waals surface area contributed by atoms with E-state index in [0.29, 0.717) is 6.54 Å². The minimum absolute atomic E-state index is 0.0202. The highest BCUT2D eigenvalue weighted by molar-refractivity contribution is 5.94. The molecular formula is C9H12N6O2. The Hall–Kier alpha value is -2.43. The zero-order chi connectivity index (χ0) is 12.7. The van der Waals surface area contributed by atoms with E-state index < -0.39 is 11.9 Å². The van der Waals surface area contributed by atoms with Crippen molar-refractivity contribution < 1.29 is 9.59 Å². The summed E-state index contributed by atoms with van der Waals surface area (Å²) in [5.41, 5.74) is 0. The third kappa shape index (κ3) is 4.29. The number of urea groups is 1. The molecule has 90 valence electrons. The molecule has 0 atom stereocenters. The molecule has 8 nitrogen and oxygen atoms in total. The van der Waals surface area contributed by atoms with Crippen LogP contribution in [0.5, 0.6) is 0 Å². The van der Waals surface area contributed by atoms with Gasteiger partial charge in [0.25, 0.3) is 5.82 Å². The molecule has 3 amide bonds. The first-order valence-corrected chi connectivity index (χ1v) is 5.03. The lowest BCUT2D eigenvalue weighted by Crippen LogP contribution is -2.41. The zero-order valence-corrected chi connectivity index (χ0v) is 9.30. The third-order valence-electron chi connectivity index (χ3n) is 1.73. The molecule has 0 aliphatic heterocycles. The molecule has 1 aromatic rings. The van der Waals surface area contributed by atoms with E-state index in [2.05, 4.69) is 20.7 Å². The van der Waals surface area contributed by atoms with Gasteiger partial charge in [-0.1, -0.05) is 6.92 Å². The fourth-order valence-corrected chi connectivity index (χ4v) is 1.02. The molecule has 0 aliphatic rings. The van der Waals surface area contributed by atoms with Gasteiger partial charge in [-0.15, -0.1) is 5.10 Å². The minimum atomic E-state index is -0.544. The van der Waals surface area contributed by atoms with Crippen LogP contribution in [0, 0.1) is 11.3 Å². The fourth-order valence-electron chi connectivity index (χ4n) is 1.02. The Bertz CT molecular complexity index is 447. The molecule has 8 heteroatoms. The summed E-state index contributed by atoms with van der Waals surface area (Å²) in [5.74, 6) is -0.541. The normalized spacial score (nSPS) is 9.41. The first-order valence-electron chi connectivity index (χ1n) is 5.03. The number of aromatic nitrogens is 3. The number of amides is 3. The molecule has 2 N–H and O–H groups in total. The lowest BCUT2D eigenvalue weighted by molar-refractivity contribution is -0.120. The monoisotopic (exact) mass is 236 g/mol. The van der Waals surface area contributed by atoms with Crippen molar-refractivity contribution in [3.63, 3.8) is 0 Å². The number of hydrogen-bond acceptors (Lipinski definition) is 5. The second kappa shape index (κ2) is 6.22. The van der Waals surface area contributed by atoms with Crippen molar-refractivity contribution in [1.29, 1.82) is 5.26 Å². The maximum absolute atomic E-state index is 11.3. The SMILES string of the molecule is CCCNC(=O)NC(=O)Cn1cnc(C#N)n1. The van der Waals surface area contributed by atoms with Crippen LogP contribution in [0.15, 0.2) is 6.33 Å². The molecule has 0 unspecified atom stereocenters. The molecule has 17 heavy (non-hydrogen) atoms. The van der Waals surface area contributed by atoms with E-state index in [9.17, 15) is 9.59 Å². The smallest absolute Gasteiger partial charge is 0.321 e. The van der Waals surface area contributed by atoms with Crippen molar-refractivity contribution in [2.75, 3.05) is 6.54 Å². The van der Waals surface area contributed by atoms with Crippen LogP contribution in [-0.2, 0) is 11.3 Å². The molecule has 0 fully saturated rings. The Kier molecular flexibility index (Phi) is 4.62. The summed E-state index contributed by atoms with van der Waals surface area (Å²) in [5, 5.41) is 16.8. The maximum atomic E-state index is 11.3. The Morgan fingerprint density at radius 3 is 2.94 bits per heavy atom. The van der Waals surface area contributed by atoms with Crippen molar-refractivity contribution in [3.8, 4) is 6.07 Å². The van der Waals surface area contributed by atoms with E-state index in [0.717, 1.165) is 6.42 Å². The zero-order valence-electron chi connectivity index (χ0n) is 9.30. The number of nitrogens with one attached hydrogen (secondary N) is 2. The number of carbonyl (C=O) groups is 2. The second-order valence-corrected chi connectivity index (χ2v) is 3.18. The van der Waals surface area contributed by atoms with E-state index in [1.54, 1.807) is 6.07 Å². The van der Waals surface area contributed by atoms with Crippen molar-refractivity contribution >= 4 is 11.9 Å². The quantitative estimate of drug-likeness (QED) is 0.723. The first kappa shape index (κ1) is 12.6. The summed E-state index contributed by atoms with van der Waals surface area (Å²) >= 11 is 0. The van der Waals surface area contributed by atoms with Gasteiger partial charge in [-0.25, -0.2) is 14.5 Å². The molecule has 0 radical (unpaired) electrons. The van der Waals surface area contributed by atoms with E-state index >= 15 is 0 Å². The number of imide groups is 1. The highest BCUT2D eigenvalue weighted by Gasteiger charge is 2.08. The predicted molar refractivity (Wildman–Crippen MR) is 56.6 cm³/mol. The molecule has 1 heterocycles. The lowest BCUT2D eigenvalue weighted by atomic mass is 10.5. The van der Waals surface area contributed by atoms with E-state index in [4.69, 9.17) is 5.26 Å². The van der Waals surface area contributed by atoms with E-state index in [-0.39, 0.29) is 12.4 Å². The average molecular weight is 236 g/mol. The van der Waals surface area contributed by atoms with E-state index in [1.165, 1.54) is 11.0 Å². The molecule has 1 rings (SSSR count). The number of hydrogen-bond donors (Lipinski definition) is 2. The average Bonchev–Trinajstić information content (AvgIpc) is 2.73. The van der Waals surface area contributed by atoms with E-state index in [1.807, 2.05) is 6.92 Å². The highest BCUT2D eigenvalue weighted by atomic mass is 16.2. The molecule has 0 saturated heterocycles. The summed E-state index contributed by atoms with van der Waals surface area (Å²) in [7, 11) is 0. The Morgan fingerprint density at radius 1 is 1.59 bits per heavy atom. The second-order valence-electron chi connectivity index (χ2n) is 3.18. The largest absolute Gasteiger partial charge is 0.338 e. The Balaban J connectivity index is 2.39. The molecule has 0 aromatic carbocycles. The third-order valence-corrected chi connectivity index (χ3v) is 1.73. The van der Waals surface area contributed by atoms with Crippen molar-refractivity contribution in [2.24, 2.45) is 0 Å². The molecule has 0 bridgehead atoms. The minimum Gasteiger partial charge on any atom is -0.338 e. The maximum Gasteiger partial charge on any atom is 0.321 e. The van der Waals surface area contributed by atoms with Crippen LogP contribution in [0.25, 0.3) is 0 Å². The van der Waals surface area contributed by atoms with Gasteiger partial charge in [-0.05, 0) is 6.42 Å². The number of rotatable bonds is 4. The van der Waals surface area contributed by atoms with Crippen LogP contribution in [0.3, 0.4) is 0 Å². The summed E-state index contributed by atoms with van der Waals surface area (Å²) in [6, 6.07) is 1.19. The van der Waals surface area contributed by atoms with Crippen LogP contribution >= 0.6 is 0 Å². The molecular weight excluding hydrogens is 224 g/mol. The van der Waals surface area contributed by atoms with Crippen molar-refractivity contribution in [1.82, 2.24) is 25.4 Å². The van der Waals surface area contributed by atoms with Crippen LogP contribution in [0.1, 0.15) is 19.2 Å². The first-order chi connectivity index (χ1) is 8.15. The van der Waals surface area contributed by atoms with Gasteiger partial charge >= 0.3 is 6.03 Å². The molecule has 1 aromatic heterocycles. The molecule has 0 saturated carbocycles. The molecule has 0 aliphatic carbocycles. The van der Waals surface area contributed by atoms with Gasteiger partial charge < -0.3 is 5.32 Å². The summed E-state index contributed by atoms with van der Waals surface area (Å²) in [6.07, 6.45) is 2.04. The summed E-state index contributed by atoms with van der Waals surface area (Å²) in [6.45, 7) is 2.25. The van der Waals surface area contributed by atoms with Gasteiger partial charge in [0.05, 0.1) is 0 Å². The number of nitriles is 1. The lowest BCUT2D eigenvalue weighted by Gasteiger charge is -2.04. The van der Waals surface area contributed by atoms with Crippen molar-refractivity contribution in [3.05, 3.63) is 12.2 Å². The summed E-state index contributed by atoms with van der Waals surface area (Å²) < 4.78 is 1.18. The topological polar surface area (TPSA) is 113 Å². The predicted octanol–water partition coefficient (Wildman–Crippen LogP) is -0.614. The standard InChI is InChI=1S/C9H12N6O2/c1-2-3-11-9(17)13-8(16)5-15-6-12-7(4-10)14-15/h6H,2-3,5H2,1H3,(H2,11,13,16,17). The van der Waals surface area contributed by atoms with Crippen LogP contribution in [0.4, 0.5) is 4.79 Å². The Morgan fingerprint density at radius 2 is 2.35 bits per heavy atom. The molecule has 0 spiro atoms. The summed E-state index contributed by atoms with van der Waals surface area (Å²) in [4.78, 5) is 26.1. The van der Waals surface area contributed by atoms with Gasteiger partial charge in [0.2, 0.25) is 5.91 Å². The number of nitrogens with zero attached hydrogens (tertiary/aromatic N) is 4. The van der Waals surface area contributed by atoms with Gasteiger partial charge in [-0.3, -0.25) is 10.1 Å². The van der Waals surface area contributed by atoms with Crippen LogP contribution in [-0.4, -0.2) is 33.2 Å². The van der Waals surface area contributed by atoms with Crippen molar-refractivity contribution in [2.45, 2.75) is 19.9 Å². The number of carbonyl (C=O) groups excluding carboxylic acids is 2. The van der Waals surface area contributed by atoms with Crippen LogP contribution < -0.4 is 10.6 Å². The van der Waals surface area contributed by atoms with Crippen LogP contribution in [0.2, 0.25) is 0 Å². The van der Waals surface area contributed by atoms with Gasteiger partial charge in [0, 0.05) is 6.54 Å². The van der Waals surface area contributed by atoms with Gasteiger partial charge in [0.15, 0.2) is 0 Å². The fraction of sp³-hybridized carbons (Fsp3) is 0.444. The van der Waals surface area contributed by atoms with Gasteiger partial charge in [0.1, 0.15) is 18.9 Å². The highest BCUT2D eigenvalue weighted by Crippen LogP contribution is 1.87. The Labute approximate surface area is 97.6 Å². The van der Waals surface area contributed by atoms with Gasteiger partial charge in [-0.2, -0.15) is 5.26 Å².